The number of carbonyl (C=O) groups is 2. The fourth-order valence-electron chi connectivity index (χ4n) is 3.50. The predicted octanol–water partition coefficient (Wildman–Crippen LogP) is 4.90. The molecule has 1 aromatic rings. The maximum atomic E-state index is 12.3. The molecule has 0 bridgehead atoms. The summed E-state index contributed by atoms with van der Waals surface area (Å²) in [4.78, 5) is 24.8. The molecule has 1 aliphatic rings. The number of nitrogens with zero attached hydrogens (tertiary/aromatic N) is 1. The van der Waals surface area contributed by atoms with Crippen molar-refractivity contribution in [3.8, 4) is 0 Å². The van der Waals surface area contributed by atoms with Crippen LogP contribution in [0, 0.1) is 0 Å². The van der Waals surface area contributed by atoms with Gasteiger partial charge >= 0.3 is 5.97 Å². The zero-order chi connectivity index (χ0) is 18.4. The average molecular weight is 345 g/mol. The Balaban J connectivity index is 1.89. The second-order valence-electron chi connectivity index (χ2n) is 8.10. The molecule has 1 fully saturated rings. The van der Waals surface area contributed by atoms with Crippen molar-refractivity contribution in [1.29, 1.82) is 0 Å². The van der Waals surface area contributed by atoms with E-state index in [1.54, 1.807) is 0 Å². The van der Waals surface area contributed by atoms with Crippen LogP contribution in [0.15, 0.2) is 24.3 Å². The SMILES string of the molecule is CC(C)(C)c1ccc(N2C(=O)CC[C@H]2CCCCCCC(=O)O)cc1. The molecule has 4 nitrogen and oxygen atoms in total. The number of unbranched alkanes of at least 4 members (excludes halogenated alkanes) is 3. The van der Waals surface area contributed by atoms with Gasteiger partial charge in [0.15, 0.2) is 0 Å². The van der Waals surface area contributed by atoms with Crippen molar-refractivity contribution in [2.75, 3.05) is 4.90 Å². The molecular formula is C21H31NO3. The summed E-state index contributed by atoms with van der Waals surface area (Å²) in [6, 6.07) is 8.69. The number of carboxylic acid groups (broad SMARTS) is 1. The first-order chi connectivity index (χ1) is 11.8. The highest BCUT2D eigenvalue weighted by atomic mass is 16.4. The summed E-state index contributed by atoms with van der Waals surface area (Å²) in [5.41, 5.74) is 2.40. The summed E-state index contributed by atoms with van der Waals surface area (Å²) in [6.45, 7) is 6.57. The zero-order valence-corrected chi connectivity index (χ0v) is 15.8. The Bertz CT molecular complexity index is 586. The molecule has 0 saturated carbocycles. The minimum absolute atomic E-state index is 0.114. The first-order valence-corrected chi connectivity index (χ1v) is 9.43. The quantitative estimate of drug-likeness (QED) is 0.681. The van der Waals surface area contributed by atoms with Crippen LogP contribution in [0.25, 0.3) is 0 Å². The lowest BCUT2D eigenvalue weighted by Crippen LogP contribution is -2.32. The zero-order valence-electron chi connectivity index (χ0n) is 15.8. The van der Waals surface area contributed by atoms with E-state index in [1.807, 2.05) is 4.90 Å². The molecule has 2 rings (SSSR count). The van der Waals surface area contributed by atoms with E-state index < -0.39 is 5.97 Å². The summed E-state index contributed by atoms with van der Waals surface area (Å²) in [6.07, 6.45) is 6.60. The monoisotopic (exact) mass is 345 g/mol. The second kappa shape index (κ2) is 8.50. The topological polar surface area (TPSA) is 57.6 Å². The summed E-state index contributed by atoms with van der Waals surface area (Å²) < 4.78 is 0. The van der Waals surface area contributed by atoms with E-state index in [-0.39, 0.29) is 23.8 Å². The van der Waals surface area contributed by atoms with Crippen LogP contribution in [0.1, 0.15) is 77.7 Å². The molecule has 0 radical (unpaired) electrons. The van der Waals surface area contributed by atoms with Gasteiger partial charge in [0.05, 0.1) is 0 Å². The molecular weight excluding hydrogens is 314 g/mol. The van der Waals surface area contributed by atoms with Crippen LogP contribution in [0.5, 0.6) is 0 Å². The van der Waals surface area contributed by atoms with Crippen LogP contribution in [-0.4, -0.2) is 23.0 Å². The van der Waals surface area contributed by atoms with Gasteiger partial charge in [0, 0.05) is 24.6 Å². The Hall–Kier alpha value is -1.84. The van der Waals surface area contributed by atoms with Crippen LogP contribution in [-0.2, 0) is 15.0 Å². The Morgan fingerprint density at radius 3 is 2.36 bits per heavy atom. The molecule has 0 unspecified atom stereocenters. The van der Waals surface area contributed by atoms with Gasteiger partial charge in [-0.05, 0) is 42.4 Å². The number of carbonyl (C=O) groups excluding carboxylic acids is 1. The average Bonchev–Trinajstić information content (AvgIpc) is 2.90. The lowest BCUT2D eigenvalue weighted by Gasteiger charge is -2.26. The molecule has 0 spiro atoms. The third kappa shape index (κ3) is 5.58. The number of anilines is 1. The summed E-state index contributed by atoms with van der Waals surface area (Å²) in [5, 5.41) is 8.66. The molecule has 1 saturated heterocycles. The minimum Gasteiger partial charge on any atom is -0.481 e. The van der Waals surface area contributed by atoms with E-state index in [9.17, 15) is 9.59 Å². The Morgan fingerprint density at radius 1 is 1.12 bits per heavy atom. The molecule has 1 amide bonds. The number of hydrogen-bond donors (Lipinski definition) is 1. The molecule has 4 heteroatoms. The largest absolute Gasteiger partial charge is 0.481 e. The van der Waals surface area contributed by atoms with E-state index >= 15 is 0 Å². The lowest BCUT2D eigenvalue weighted by molar-refractivity contribution is -0.137. The maximum absolute atomic E-state index is 12.3. The van der Waals surface area contributed by atoms with Crippen LogP contribution in [0.4, 0.5) is 5.69 Å². The van der Waals surface area contributed by atoms with Gasteiger partial charge in [0.25, 0.3) is 0 Å². The van der Waals surface area contributed by atoms with Gasteiger partial charge in [-0.3, -0.25) is 9.59 Å². The molecule has 25 heavy (non-hydrogen) atoms. The van der Waals surface area contributed by atoms with Crippen molar-refractivity contribution in [2.24, 2.45) is 0 Å². The predicted molar refractivity (Wildman–Crippen MR) is 101 cm³/mol. The summed E-state index contributed by atoms with van der Waals surface area (Å²) in [5.74, 6) is -0.495. The van der Waals surface area contributed by atoms with Crippen LogP contribution >= 0.6 is 0 Å². The number of amides is 1. The minimum atomic E-state index is -0.716. The Kier molecular flexibility index (Phi) is 6.63. The van der Waals surface area contributed by atoms with E-state index in [0.29, 0.717) is 6.42 Å². The van der Waals surface area contributed by atoms with Crippen LogP contribution in [0.2, 0.25) is 0 Å². The molecule has 0 aromatic heterocycles. The van der Waals surface area contributed by atoms with Gasteiger partial charge in [0.2, 0.25) is 5.91 Å². The van der Waals surface area contributed by atoms with Crippen molar-refractivity contribution in [3.05, 3.63) is 29.8 Å². The summed E-state index contributed by atoms with van der Waals surface area (Å²) >= 11 is 0. The second-order valence-corrected chi connectivity index (χ2v) is 8.10. The smallest absolute Gasteiger partial charge is 0.303 e. The van der Waals surface area contributed by atoms with Crippen molar-refractivity contribution in [1.82, 2.24) is 0 Å². The van der Waals surface area contributed by atoms with E-state index in [0.717, 1.165) is 44.2 Å². The van der Waals surface area contributed by atoms with Crippen molar-refractivity contribution >= 4 is 17.6 Å². The molecule has 1 aromatic carbocycles. The number of carboxylic acids is 1. The Labute approximate surface area is 151 Å². The summed E-state index contributed by atoms with van der Waals surface area (Å²) in [7, 11) is 0. The molecule has 1 atom stereocenters. The van der Waals surface area contributed by atoms with Gasteiger partial charge in [-0.1, -0.05) is 52.2 Å². The fraction of sp³-hybridized carbons (Fsp3) is 0.619. The van der Waals surface area contributed by atoms with Crippen LogP contribution < -0.4 is 4.90 Å². The highest BCUT2D eigenvalue weighted by Crippen LogP contribution is 2.31. The van der Waals surface area contributed by atoms with Crippen LogP contribution in [0.3, 0.4) is 0 Å². The van der Waals surface area contributed by atoms with Gasteiger partial charge in [-0.15, -0.1) is 0 Å². The number of aliphatic carboxylic acids is 1. The van der Waals surface area contributed by atoms with Crippen molar-refractivity contribution < 1.29 is 14.7 Å². The standard InChI is InChI=1S/C21H31NO3/c1-21(2,3)16-10-12-18(13-11-16)22-17(14-15-19(22)23)8-6-4-5-7-9-20(24)25/h10-13,17H,4-9,14-15H2,1-3H3,(H,24,25)/t17-/m1/s1. The molecule has 1 N–H and O–H groups in total. The first kappa shape index (κ1) is 19.5. The van der Waals surface area contributed by atoms with Crippen molar-refractivity contribution in [2.45, 2.75) is 83.6 Å². The van der Waals surface area contributed by atoms with Crippen molar-refractivity contribution in [3.63, 3.8) is 0 Å². The third-order valence-electron chi connectivity index (χ3n) is 5.01. The first-order valence-electron chi connectivity index (χ1n) is 9.43. The Morgan fingerprint density at radius 2 is 1.76 bits per heavy atom. The van der Waals surface area contributed by atoms with Gasteiger partial charge in [-0.25, -0.2) is 0 Å². The highest BCUT2D eigenvalue weighted by Gasteiger charge is 2.31. The normalized spacial score (nSPS) is 18.0. The highest BCUT2D eigenvalue weighted by molar-refractivity contribution is 5.96. The van der Waals surface area contributed by atoms with E-state index in [1.165, 1.54) is 5.56 Å². The molecule has 138 valence electrons. The third-order valence-corrected chi connectivity index (χ3v) is 5.01. The molecule has 1 heterocycles. The maximum Gasteiger partial charge on any atom is 0.303 e. The number of benzene rings is 1. The number of rotatable bonds is 8. The van der Waals surface area contributed by atoms with E-state index in [4.69, 9.17) is 5.11 Å². The molecule has 0 aliphatic carbocycles. The van der Waals surface area contributed by atoms with E-state index in [2.05, 4.69) is 45.0 Å². The lowest BCUT2D eigenvalue weighted by atomic mass is 9.87. The van der Waals surface area contributed by atoms with Gasteiger partial charge in [-0.2, -0.15) is 0 Å². The number of hydrogen-bond acceptors (Lipinski definition) is 2. The van der Waals surface area contributed by atoms with Gasteiger partial charge in [0.1, 0.15) is 0 Å². The van der Waals surface area contributed by atoms with Gasteiger partial charge < -0.3 is 10.0 Å². The molecule has 1 aliphatic heterocycles. The fourth-order valence-corrected chi connectivity index (χ4v) is 3.50.